The van der Waals surface area contributed by atoms with Gasteiger partial charge in [0.05, 0.1) is 20.3 Å². The Hall–Kier alpha value is -3.23. The largest absolute Gasteiger partial charge is 0.497 e. The molecule has 5 rings (SSSR count). The first kappa shape index (κ1) is 23.5. The number of aromatic nitrogens is 3. The van der Waals surface area contributed by atoms with Crippen molar-refractivity contribution >= 4 is 5.91 Å². The van der Waals surface area contributed by atoms with Gasteiger partial charge in [0.2, 0.25) is 5.91 Å². The second-order valence-corrected chi connectivity index (χ2v) is 10.0. The molecule has 0 aliphatic carbocycles. The molecule has 8 nitrogen and oxygen atoms in total. The zero-order chi connectivity index (χ0) is 24.4. The molecule has 1 N–H and O–H groups in total. The molecule has 35 heavy (non-hydrogen) atoms. The number of hydrogen-bond donors (Lipinski definition) is 1. The number of amides is 1. The van der Waals surface area contributed by atoms with E-state index >= 15 is 0 Å². The SMILES string of the molecule is COc1cccc(-c2nc(-c3ccc(CCN4CC5(COC5)C4)cc3)nn2CC(=O)NC(C)C)c1. The molecule has 0 radical (unpaired) electrons. The predicted molar refractivity (Wildman–Crippen MR) is 134 cm³/mol. The van der Waals surface area contributed by atoms with Crippen LogP contribution in [0.5, 0.6) is 5.75 Å². The highest BCUT2D eigenvalue weighted by Gasteiger charge is 2.48. The number of carbonyl (C=O) groups is 1. The molecule has 0 atom stereocenters. The Bertz CT molecular complexity index is 1180. The number of nitrogens with one attached hydrogen (secondary N) is 1. The molecule has 0 unspecified atom stereocenters. The van der Waals surface area contributed by atoms with Crippen LogP contribution in [0.25, 0.3) is 22.8 Å². The highest BCUT2D eigenvalue weighted by atomic mass is 16.5. The van der Waals surface area contributed by atoms with Gasteiger partial charge in [-0.15, -0.1) is 5.10 Å². The van der Waals surface area contributed by atoms with Crippen LogP contribution in [0, 0.1) is 5.41 Å². The zero-order valence-corrected chi connectivity index (χ0v) is 20.7. The lowest BCUT2D eigenvalue weighted by atomic mass is 9.78. The summed E-state index contributed by atoms with van der Waals surface area (Å²) in [5.41, 5.74) is 3.53. The minimum absolute atomic E-state index is 0.0576. The molecular formula is C27H33N5O3. The first-order chi connectivity index (χ1) is 16.9. The van der Waals surface area contributed by atoms with E-state index in [1.54, 1.807) is 11.8 Å². The molecule has 184 valence electrons. The summed E-state index contributed by atoms with van der Waals surface area (Å²) in [6.07, 6.45) is 1.02. The van der Waals surface area contributed by atoms with Crippen molar-refractivity contribution in [1.29, 1.82) is 0 Å². The van der Waals surface area contributed by atoms with E-state index in [-0.39, 0.29) is 18.5 Å². The predicted octanol–water partition coefficient (Wildman–Crippen LogP) is 3.02. The lowest BCUT2D eigenvalue weighted by molar-refractivity contribution is -0.188. The van der Waals surface area contributed by atoms with Gasteiger partial charge in [0.15, 0.2) is 11.6 Å². The maximum absolute atomic E-state index is 12.5. The summed E-state index contributed by atoms with van der Waals surface area (Å²) in [6, 6.07) is 16.1. The molecular weight excluding hydrogens is 442 g/mol. The van der Waals surface area contributed by atoms with Crippen molar-refractivity contribution in [2.75, 3.05) is 40.0 Å². The molecule has 2 aromatic carbocycles. The van der Waals surface area contributed by atoms with E-state index < -0.39 is 0 Å². The van der Waals surface area contributed by atoms with Gasteiger partial charge in [0.25, 0.3) is 0 Å². The van der Waals surface area contributed by atoms with Crippen LogP contribution in [0.1, 0.15) is 19.4 Å². The monoisotopic (exact) mass is 475 g/mol. The molecule has 1 spiro atoms. The summed E-state index contributed by atoms with van der Waals surface area (Å²) in [4.78, 5) is 19.8. The van der Waals surface area contributed by atoms with Gasteiger partial charge in [-0.05, 0) is 38.0 Å². The maximum Gasteiger partial charge on any atom is 0.242 e. The number of likely N-dealkylation sites (tertiary alicyclic amines) is 1. The van der Waals surface area contributed by atoms with E-state index in [4.69, 9.17) is 19.6 Å². The Labute approximate surface area is 206 Å². The Kier molecular flexibility index (Phi) is 6.58. The molecule has 2 aliphatic heterocycles. The van der Waals surface area contributed by atoms with Gasteiger partial charge in [-0.25, -0.2) is 9.67 Å². The zero-order valence-electron chi connectivity index (χ0n) is 20.7. The number of rotatable bonds is 9. The fourth-order valence-corrected chi connectivity index (χ4v) is 4.80. The van der Waals surface area contributed by atoms with Crippen molar-refractivity contribution in [1.82, 2.24) is 25.0 Å². The van der Waals surface area contributed by atoms with E-state index in [1.165, 1.54) is 5.56 Å². The summed E-state index contributed by atoms with van der Waals surface area (Å²) in [5, 5.41) is 7.63. The van der Waals surface area contributed by atoms with Crippen molar-refractivity contribution in [3.63, 3.8) is 0 Å². The molecule has 0 bridgehead atoms. The molecule has 3 aromatic rings. The minimum Gasteiger partial charge on any atom is -0.497 e. The van der Waals surface area contributed by atoms with Gasteiger partial charge in [-0.2, -0.15) is 0 Å². The molecule has 2 saturated heterocycles. The Morgan fingerprint density at radius 1 is 1.14 bits per heavy atom. The first-order valence-corrected chi connectivity index (χ1v) is 12.2. The summed E-state index contributed by atoms with van der Waals surface area (Å²) < 4.78 is 12.4. The van der Waals surface area contributed by atoms with Crippen molar-refractivity contribution in [2.45, 2.75) is 32.9 Å². The van der Waals surface area contributed by atoms with Crippen molar-refractivity contribution in [3.05, 3.63) is 54.1 Å². The summed E-state index contributed by atoms with van der Waals surface area (Å²) in [7, 11) is 1.63. The van der Waals surface area contributed by atoms with Gasteiger partial charge in [0, 0.05) is 42.2 Å². The van der Waals surface area contributed by atoms with Crippen LogP contribution < -0.4 is 10.1 Å². The fraction of sp³-hybridized carbons (Fsp3) is 0.444. The number of ether oxygens (including phenoxy) is 2. The summed E-state index contributed by atoms with van der Waals surface area (Å²) >= 11 is 0. The van der Waals surface area contributed by atoms with E-state index in [0.29, 0.717) is 17.1 Å². The van der Waals surface area contributed by atoms with Gasteiger partial charge >= 0.3 is 0 Å². The molecule has 8 heteroatoms. The molecule has 2 aliphatic rings. The van der Waals surface area contributed by atoms with Crippen LogP contribution in [0.15, 0.2) is 48.5 Å². The molecule has 1 amide bonds. The van der Waals surface area contributed by atoms with Crippen molar-refractivity contribution < 1.29 is 14.3 Å². The summed E-state index contributed by atoms with van der Waals surface area (Å²) in [5.74, 6) is 1.86. The second kappa shape index (κ2) is 9.79. The lowest BCUT2D eigenvalue weighted by Crippen LogP contribution is -2.66. The second-order valence-electron chi connectivity index (χ2n) is 10.0. The Morgan fingerprint density at radius 3 is 2.57 bits per heavy atom. The standard InChI is InChI=1S/C27H33N5O3/c1-19(2)28-24(33)14-32-26(22-5-4-6-23(13-22)34-3)29-25(30-32)21-9-7-20(8-10-21)11-12-31-15-27(16-31)17-35-18-27/h4-10,13,19H,11-12,14-18H2,1-3H3,(H,28,33). The maximum atomic E-state index is 12.5. The van der Waals surface area contributed by atoms with Crippen LogP contribution in [0.3, 0.4) is 0 Å². The van der Waals surface area contributed by atoms with Crippen LogP contribution >= 0.6 is 0 Å². The first-order valence-electron chi connectivity index (χ1n) is 12.2. The van der Waals surface area contributed by atoms with E-state index in [9.17, 15) is 4.79 Å². The Morgan fingerprint density at radius 2 is 1.91 bits per heavy atom. The minimum atomic E-state index is -0.0998. The van der Waals surface area contributed by atoms with Crippen molar-refractivity contribution in [2.24, 2.45) is 5.41 Å². The highest BCUT2D eigenvalue weighted by Crippen LogP contribution is 2.37. The normalized spacial score (nSPS) is 16.7. The third-order valence-electron chi connectivity index (χ3n) is 6.61. The Balaban J connectivity index is 1.32. The number of methoxy groups -OCH3 is 1. The average Bonchev–Trinajstić information content (AvgIpc) is 3.20. The lowest BCUT2D eigenvalue weighted by Gasteiger charge is -2.55. The highest BCUT2D eigenvalue weighted by molar-refractivity contribution is 5.77. The molecule has 3 heterocycles. The van der Waals surface area contributed by atoms with Crippen LogP contribution in [0.2, 0.25) is 0 Å². The van der Waals surface area contributed by atoms with E-state index in [1.807, 2.05) is 38.1 Å². The van der Waals surface area contributed by atoms with Crippen LogP contribution in [-0.4, -0.2) is 71.6 Å². The molecule has 1 aromatic heterocycles. The summed E-state index contributed by atoms with van der Waals surface area (Å²) in [6.45, 7) is 9.21. The van der Waals surface area contributed by atoms with E-state index in [2.05, 4.69) is 34.5 Å². The molecule has 0 saturated carbocycles. The van der Waals surface area contributed by atoms with Crippen molar-refractivity contribution in [3.8, 4) is 28.5 Å². The fourth-order valence-electron chi connectivity index (χ4n) is 4.80. The average molecular weight is 476 g/mol. The van der Waals surface area contributed by atoms with Gasteiger partial charge < -0.3 is 19.7 Å². The van der Waals surface area contributed by atoms with Gasteiger partial charge in [0.1, 0.15) is 12.3 Å². The van der Waals surface area contributed by atoms with Crippen LogP contribution in [0.4, 0.5) is 0 Å². The third kappa shape index (κ3) is 5.23. The van der Waals surface area contributed by atoms with Gasteiger partial charge in [-0.3, -0.25) is 4.79 Å². The van der Waals surface area contributed by atoms with Gasteiger partial charge in [-0.1, -0.05) is 36.4 Å². The topological polar surface area (TPSA) is 81.5 Å². The number of carbonyl (C=O) groups excluding carboxylic acids is 1. The third-order valence-corrected chi connectivity index (χ3v) is 6.61. The quantitative estimate of drug-likeness (QED) is 0.512. The number of hydrogen-bond acceptors (Lipinski definition) is 6. The number of benzene rings is 2. The number of nitrogens with zero attached hydrogens (tertiary/aromatic N) is 4. The van der Waals surface area contributed by atoms with Crippen LogP contribution in [-0.2, 0) is 22.5 Å². The van der Waals surface area contributed by atoms with E-state index in [0.717, 1.165) is 56.1 Å². The smallest absolute Gasteiger partial charge is 0.242 e. The molecule has 2 fully saturated rings.